The molecular formula is C25H33N3O2. The van der Waals surface area contributed by atoms with Crippen LogP contribution in [0.5, 0.6) is 5.75 Å². The maximum absolute atomic E-state index is 12.7. The van der Waals surface area contributed by atoms with Crippen molar-refractivity contribution < 1.29 is 9.53 Å². The molecule has 1 saturated carbocycles. The number of ether oxygens (including phenoxy) is 1. The highest BCUT2D eigenvalue weighted by molar-refractivity contribution is 5.92. The molecule has 2 aliphatic rings. The van der Waals surface area contributed by atoms with Gasteiger partial charge in [-0.1, -0.05) is 18.2 Å². The first kappa shape index (κ1) is 20.7. The lowest BCUT2D eigenvalue weighted by Crippen LogP contribution is -2.31. The number of carbonyl (C=O) groups excluding carboxylic acids is 1. The van der Waals surface area contributed by atoms with Crippen molar-refractivity contribution in [3.8, 4) is 5.75 Å². The third-order valence-corrected chi connectivity index (χ3v) is 6.48. The number of anilines is 2. The summed E-state index contributed by atoms with van der Waals surface area (Å²) in [5, 5.41) is 3.11. The predicted molar refractivity (Wildman–Crippen MR) is 122 cm³/mol. The van der Waals surface area contributed by atoms with E-state index < -0.39 is 0 Å². The molecule has 0 aromatic heterocycles. The largest absolute Gasteiger partial charge is 0.490 e. The van der Waals surface area contributed by atoms with Crippen LogP contribution in [0.15, 0.2) is 54.6 Å². The second kappa shape index (κ2) is 9.52. The molecule has 5 heteroatoms. The Kier molecular flexibility index (Phi) is 6.58. The van der Waals surface area contributed by atoms with Crippen LogP contribution in [0.3, 0.4) is 0 Å². The third kappa shape index (κ3) is 5.14. The van der Waals surface area contributed by atoms with Crippen LogP contribution in [0.4, 0.5) is 11.4 Å². The molecule has 1 atom stereocenters. The molecule has 1 N–H and O–H groups in total. The van der Waals surface area contributed by atoms with Crippen LogP contribution >= 0.6 is 0 Å². The van der Waals surface area contributed by atoms with Gasteiger partial charge in [-0.2, -0.15) is 0 Å². The van der Waals surface area contributed by atoms with Gasteiger partial charge in [-0.3, -0.25) is 4.79 Å². The van der Waals surface area contributed by atoms with Crippen LogP contribution < -0.4 is 15.0 Å². The molecule has 1 aliphatic carbocycles. The lowest BCUT2D eigenvalue weighted by molar-refractivity contribution is -0.121. The predicted octanol–water partition coefficient (Wildman–Crippen LogP) is 4.40. The van der Waals surface area contributed by atoms with Gasteiger partial charge in [0.25, 0.3) is 0 Å². The first-order chi connectivity index (χ1) is 14.6. The summed E-state index contributed by atoms with van der Waals surface area (Å²) < 4.78 is 6.05. The molecule has 160 valence electrons. The number of nitrogens with one attached hydrogen (secondary N) is 1. The zero-order chi connectivity index (χ0) is 20.9. The fourth-order valence-electron chi connectivity index (χ4n) is 4.53. The molecule has 2 aromatic rings. The van der Waals surface area contributed by atoms with Gasteiger partial charge in [0.1, 0.15) is 5.75 Å². The van der Waals surface area contributed by atoms with E-state index in [1.807, 2.05) is 42.5 Å². The molecule has 0 bridgehead atoms. The van der Waals surface area contributed by atoms with Crippen LogP contribution in [0.25, 0.3) is 0 Å². The molecule has 2 aromatic carbocycles. The normalized spacial score (nSPS) is 24.1. The molecule has 1 amide bonds. The van der Waals surface area contributed by atoms with E-state index in [4.69, 9.17) is 4.74 Å². The molecule has 30 heavy (non-hydrogen) atoms. The monoisotopic (exact) mass is 407 g/mol. The van der Waals surface area contributed by atoms with Crippen LogP contribution in [-0.4, -0.2) is 50.1 Å². The Hall–Kier alpha value is -2.53. The van der Waals surface area contributed by atoms with Gasteiger partial charge in [0, 0.05) is 36.4 Å². The molecule has 0 spiro atoms. The second-order valence-corrected chi connectivity index (χ2v) is 8.79. The number of benzene rings is 2. The van der Waals surface area contributed by atoms with Crippen molar-refractivity contribution in [3.05, 3.63) is 54.6 Å². The number of hydrogen-bond acceptors (Lipinski definition) is 4. The van der Waals surface area contributed by atoms with E-state index >= 15 is 0 Å². The molecule has 0 radical (unpaired) electrons. The smallest absolute Gasteiger partial charge is 0.227 e. The molecule has 1 heterocycles. The standard InChI is InChI=1S/C25H33N3O2/c1-27(2)22-16-17-28(18-22)21-12-10-20(11-13-21)26-25(29)19-8-14-24(15-9-19)30-23-6-4-3-5-7-23/h3-7,10-13,19,22,24H,8-9,14-18H2,1-2H3,(H,26,29). The molecule has 1 saturated heterocycles. The summed E-state index contributed by atoms with van der Waals surface area (Å²) in [6.45, 7) is 2.15. The quantitative estimate of drug-likeness (QED) is 0.771. The van der Waals surface area contributed by atoms with E-state index in [-0.39, 0.29) is 17.9 Å². The van der Waals surface area contributed by atoms with Crippen molar-refractivity contribution in [1.82, 2.24) is 4.90 Å². The van der Waals surface area contributed by atoms with Crippen molar-refractivity contribution in [2.24, 2.45) is 5.92 Å². The van der Waals surface area contributed by atoms with Gasteiger partial charge in [-0.05, 0) is 82.6 Å². The van der Waals surface area contributed by atoms with E-state index in [2.05, 4.69) is 41.3 Å². The van der Waals surface area contributed by atoms with Gasteiger partial charge < -0.3 is 19.9 Å². The molecule has 5 nitrogen and oxygen atoms in total. The number of hydrogen-bond donors (Lipinski definition) is 1. The molecule has 1 aliphatic heterocycles. The maximum Gasteiger partial charge on any atom is 0.227 e. The van der Waals surface area contributed by atoms with Crippen molar-refractivity contribution in [2.45, 2.75) is 44.2 Å². The lowest BCUT2D eigenvalue weighted by atomic mass is 9.86. The van der Waals surface area contributed by atoms with Crippen molar-refractivity contribution in [1.29, 1.82) is 0 Å². The zero-order valence-corrected chi connectivity index (χ0v) is 18.1. The van der Waals surface area contributed by atoms with Gasteiger partial charge in [-0.15, -0.1) is 0 Å². The van der Waals surface area contributed by atoms with Crippen molar-refractivity contribution in [3.63, 3.8) is 0 Å². The first-order valence-corrected chi connectivity index (χ1v) is 11.1. The Balaban J connectivity index is 1.24. The fraction of sp³-hybridized carbons (Fsp3) is 0.480. The van der Waals surface area contributed by atoms with Crippen LogP contribution in [-0.2, 0) is 4.79 Å². The Labute approximate surface area is 180 Å². The summed E-state index contributed by atoms with van der Waals surface area (Å²) in [4.78, 5) is 17.4. The average molecular weight is 408 g/mol. The number of nitrogens with zero attached hydrogens (tertiary/aromatic N) is 2. The molecular weight excluding hydrogens is 374 g/mol. The lowest BCUT2D eigenvalue weighted by Gasteiger charge is -2.28. The van der Waals surface area contributed by atoms with Gasteiger partial charge in [0.15, 0.2) is 0 Å². The van der Waals surface area contributed by atoms with Crippen LogP contribution in [0, 0.1) is 5.92 Å². The second-order valence-electron chi connectivity index (χ2n) is 8.79. The molecule has 2 fully saturated rings. The minimum atomic E-state index is 0.0692. The summed E-state index contributed by atoms with van der Waals surface area (Å²) in [7, 11) is 4.29. The van der Waals surface area contributed by atoms with E-state index in [0.717, 1.165) is 50.2 Å². The number of rotatable bonds is 6. The van der Waals surface area contributed by atoms with Gasteiger partial charge in [0.2, 0.25) is 5.91 Å². The van der Waals surface area contributed by atoms with Crippen LogP contribution in [0.2, 0.25) is 0 Å². The Morgan fingerprint density at radius 2 is 1.67 bits per heavy atom. The van der Waals surface area contributed by atoms with Crippen LogP contribution in [0.1, 0.15) is 32.1 Å². The minimum absolute atomic E-state index is 0.0692. The summed E-state index contributed by atoms with van der Waals surface area (Å²) in [5.74, 6) is 1.12. The van der Waals surface area contributed by atoms with Gasteiger partial charge in [-0.25, -0.2) is 0 Å². The number of amides is 1. The number of likely N-dealkylation sites (N-methyl/N-ethyl adjacent to an activating group) is 1. The van der Waals surface area contributed by atoms with Crippen molar-refractivity contribution in [2.75, 3.05) is 37.4 Å². The Morgan fingerprint density at radius 3 is 2.30 bits per heavy atom. The highest BCUT2D eigenvalue weighted by Crippen LogP contribution is 2.29. The summed E-state index contributed by atoms with van der Waals surface area (Å²) in [6.07, 6.45) is 5.01. The highest BCUT2D eigenvalue weighted by Gasteiger charge is 2.28. The van der Waals surface area contributed by atoms with E-state index in [0.29, 0.717) is 6.04 Å². The zero-order valence-electron chi connectivity index (χ0n) is 18.1. The van der Waals surface area contributed by atoms with E-state index in [9.17, 15) is 4.79 Å². The average Bonchev–Trinajstić information content (AvgIpc) is 3.26. The van der Waals surface area contributed by atoms with Gasteiger partial charge >= 0.3 is 0 Å². The minimum Gasteiger partial charge on any atom is -0.490 e. The summed E-state index contributed by atoms with van der Waals surface area (Å²) in [6, 6.07) is 18.9. The summed E-state index contributed by atoms with van der Waals surface area (Å²) in [5.41, 5.74) is 2.12. The number of carbonyl (C=O) groups is 1. The first-order valence-electron chi connectivity index (χ1n) is 11.1. The molecule has 1 unspecified atom stereocenters. The highest BCUT2D eigenvalue weighted by atomic mass is 16.5. The fourth-order valence-corrected chi connectivity index (χ4v) is 4.53. The van der Waals surface area contributed by atoms with E-state index in [1.165, 1.54) is 12.1 Å². The number of para-hydroxylation sites is 1. The SMILES string of the molecule is CN(C)C1CCN(c2ccc(NC(=O)C3CCC(Oc4ccccc4)CC3)cc2)C1. The van der Waals surface area contributed by atoms with E-state index in [1.54, 1.807) is 0 Å². The van der Waals surface area contributed by atoms with Crippen molar-refractivity contribution >= 4 is 17.3 Å². The topological polar surface area (TPSA) is 44.8 Å². The Morgan fingerprint density at radius 1 is 0.967 bits per heavy atom. The van der Waals surface area contributed by atoms with Gasteiger partial charge in [0.05, 0.1) is 6.10 Å². The maximum atomic E-state index is 12.7. The Bertz CT molecular complexity index is 814. The summed E-state index contributed by atoms with van der Waals surface area (Å²) >= 11 is 0. The third-order valence-electron chi connectivity index (χ3n) is 6.48. The molecule has 4 rings (SSSR count).